The third kappa shape index (κ3) is 1.55. The van der Waals surface area contributed by atoms with Gasteiger partial charge in [0.2, 0.25) is 0 Å². The molecule has 4 rings (SSSR count). The van der Waals surface area contributed by atoms with Crippen molar-refractivity contribution in [2.24, 2.45) is 29.6 Å². The van der Waals surface area contributed by atoms with Gasteiger partial charge in [-0.05, 0) is 79.3 Å². The monoisotopic (exact) mass is 261 g/mol. The van der Waals surface area contributed by atoms with E-state index in [4.69, 9.17) is 0 Å². The zero-order chi connectivity index (χ0) is 12.3. The van der Waals surface area contributed by atoms with Crippen LogP contribution >= 0.6 is 11.3 Å². The number of aryl methyl sites for hydroxylation is 1. The lowest BCUT2D eigenvalue weighted by Crippen LogP contribution is -2.25. The van der Waals surface area contributed by atoms with Crippen molar-refractivity contribution < 1.29 is 0 Å². The number of rotatable bonds is 4. The molecule has 1 N–H and O–H groups in total. The largest absolute Gasteiger partial charge is 0.310 e. The lowest BCUT2D eigenvalue weighted by Gasteiger charge is -2.20. The van der Waals surface area contributed by atoms with Crippen LogP contribution in [0.5, 0.6) is 0 Å². The molecule has 1 heterocycles. The Bertz CT molecular complexity index is 436. The Kier molecular flexibility index (Phi) is 2.60. The van der Waals surface area contributed by atoms with Crippen molar-refractivity contribution in [3.8, 4) is 0 Å². The summed E-state index contributed by atoms with van der Waals surface area (Å²) in [6.45, 7) is 5.58. The quantitative estimate of drug-likeness (QED) is 0.864. The van der Waals surface area contributed by atoms with E-state index in [-0.39, 0.29) is 0 Å². The first-order valence-electron chi connectivity index (χ1n) is 7.58. The van der Waals surface area contributed by atoms with Crippen molar-refractivity contribution in [2.45, 2.75) is 39.2 Å². The van der Waals surface area contributed by atoms with Gasteiger partial charge in [0.25, 0.3) is 0 Å². The summed E-state index contributed by atoms with van der Waals surface area (Å²) in [7, 11) is 0. The van der Waals surface area contributed by atoms with Crippen LogP contribution in [-0.4, -0.2) is 6.54 Å². The predicted octanol–water partition coefficient (Wildman–Crippen LogP) is 4.00. The van der Waals surface area contributed by atoms with Crippen LogP contribution in [0.15, 0.2) is 11.4 Å². The lowest BCUT2D eigenvalue weighted by atomic mass is 9.94. The molecule has 3 fully saturated rings. The molecule has 3 aliphatic carbocycles. The first-order valence-corrected chi connectivity index (χ1v) is 8.46. The molecule has 0 amide bonds. The zero-order valence-corrected chi connectivity index (χ0v) is 12.2. The Morgan fingerprint density at radius 2 is 2.06 bits per heavy atom. The first kappa shape index (κ1) is 11.5. The van der Waals surface area contributed by atoms with Crippen molar-refractivity contribution in [1.82, 2.24) is 5.32 Å². The normalized spacial score (nSPS) is 42.0. The zero-order valence-electron chi connectivity index (χ0n) is 11.4. The fraction of sp³-hybridized carbons (Fsp3) is 0.750. The minimum Gasteiger partial charge on any atom is -0.310 e. The molecular weight excluding hydrogens is 238 g/mol. The average Bonchev–Trinajstić information content (AvgIpc) is 2.73. The Morgan fingerprint density at radius 1 is 1.33 bits per heavy atom. The third-order valence-corrected chi connectivity index (χ3v) is 6.59. The second kappa shape index (κ2) is 4.08. The SMILES string of the molecule is CCNC(c1csc(C)c1)C1C2C3CCC(C3)C21. The van der Waals surface area contributed by atoms with E-state index in [0.29, 0.717) is 6.04 Å². The number of fused-ring (bicyclic) bond motifs is 5. The second-order valence-corrected chi connectivity index (χ2v) is 7.71. The summed E-state index contributed by atoms with van der Waals surface area (Å²) in [6.07, 6.45) is 4.63. The second-order valence-electron chi connectivity index (χ2n) is 6.59. The van der Waals surface area contributed by atoms with E-state index in [2.05, 4.69) is 30.6 Å². The maximum absolute atomic E-state index is 3.78. The highest BCUT2D eigenvalue weighted by molar-refractivity contribution is 7.10. The Labute approximate surface area is 114 Å². The molecule has 2 heteroatoms. The molecule has 1 aromatic rings. The van der Waals surface area contributed by atoms with Crippen LogP contribution < -0.4 is 5.32 Å². The van der Waals surface area contributed by atoms with Gasteiger partial charge in [0.1, 0.15) is 0 Å². The molecule has 0 saturated heterocycles. The summed E-state index contributed by atoms with van der Waals surface area (Å²) in [6, 6.07) is 3.06. The smallest absolute Gasteiger partial charge is 0.0362 e. The summed E-state index contributed by atoms with van der Waals surface area (Å²) >= 11 is 1.91. The first-order chi connectivity index (χ1) is 8.79. The molecule has 3 aliphatic rings. The van der Waals surface area contributed by atoms with Crippen LogP contribution in [-0.2, 0) is 0 Å². The molecule has 0 aliphatic heterocycles. The molecule has 1 nitrogen and oxygen atoms in total. The van der Waals surface area contributed by atoms with E-state index in [1.165, 1.54) is 17.7 Å². The van der Waals surface area contributed by atoms with Gasteiger partial charge in [0, 0.05) is 10.9 Å². The van der Waals surface area contributed by atoms with E-state index in [0.717, 1.165) is 36.1 Å². The molecule has 5 atom stereocenters. The molecule has 0 radical (unpaired) electrons. The molecule has 2 bridgehead atoms. The highest BCUT2D eigenvalue weighted by Crippen LogP contribution is 2.72. The van der Waals surface area contributed by atoms with Crippen LogP contribution in [0.4, 0.5) is 0 Å². The van der Waals surface area contributed by atoms with Gasteiger partial charge >= 0.3 is 0 Å². The van der Waals surface area contributed by atoms with E-state index in [1.807, 2.05) is 11.3 Å². The van der Waals surface area contributed by atoms with Crippen molar-refractivity contribution >= 4 is 11.3 Å². The van der Waals surface area contributed by atoms with E-state index in [9.17, 15) is 0 Å². The maximum Gasteiger partial charge on any atom is 0.0362 e. The molecular formula is C16H23NS. The van der Waals surface area contributed by atoms with Gasteiger partial charge in [-0.1, -0.05) is 6.92 Å². The Morgan fingerprint density at radius 3 is 2.61 bits per heavy atom. The highest BCUT2D eigenvalue weighted by Gasteiger charge is 2.66. The van der Waals surface area contributed by atoms with Crippen LogP contribution in [0.3, 0.4) is 0 Å². The standard InChI is InChI=1S/C16H23NS/c1-3-17-16(12-6-9(2)18-8-12)15-13-10-4-5-11(7-10)14(13)15/h6,8,10-11,13-17H,3-5,7H2,1-2H3. The van der Waals surface area contributed by atoms with Gasteiger partial charge in [-0.15, -0.1) is 11.3 Å². The summed E-state index contributed by atoms with van der Waals surface area (Å²) < 4.78 is 0. The maximum atomic E-state index is 3.78. The topological polar surface area (TPSA) is 12.0 Å². The molecule has 5 unspecified atom stereocenters. The number of nitrogens with one attached hydrogen (secondary N) is 1. The number of hydrogen-bond donors (Lipinski definition) is 1. The molecule has 18 heavy (non-hydrogen) atoms. The summed E-state index contributed by atoms with van der Waals surface area (Å²) in [5.74, 6) is 5.29. The van der Waals surface area contributed by atoms with E-state index >= 15 is 0 Å². The minimum absolute atomic E-state index is 0.651. The van der Waals surface area contributed by atoms with Gasteiger partial charge in [0.15, 0.2) is 0 Å². The third-order valence-electron chi connectivity index (χ3n) is 5.71. The van der Waals surface area contributed by atoms with E-state index in [1.54, 1.807) is 12.0 Å². The summed E-state index contributed by atoms with van der Waals surface area (Å²) in [5, 5.41) is 6.17. The summed E-state index contributed by atoms with van der Waals surface area (Å²) in [5.41, 5.74) is 1.57. The van der Waals surface area contributed by atoms with Crippen molar-refractivity contribution in [3.05, 3.63) is 21.9 Å². The summed E-state index contributed by atoms with van der Waals surface area (Å²) in [4.78, 5) is 1.46. The van der Waals surface area contributed by atoms with Crippen LogP contribution in [0.2, 0.25) is 0 Å². The van der Waals surface area contributed by atoms with Gasteiger partial charge < -0.3 is 5.32 Å². The van der Waals surface area contributed by atoms with Crippen LogP contribution in [0.1, 0.15) is 42.7 Å². The van der Waals surface area contributed by atoms with Gasteiger partial charge in [-0.2, -0.15) is 0 Å². The highest BCUT2D eigenvalue weighted by atomic mass is 32.1. The number of hydrogen-bond acceptors (Lipinski definition) is 2. The average molecular weight is 261 g/mol. The van der Waals surface area contributed by atoms with Crippen LogP contribution in [0, 0.1) is 36.5 Å². The molecule has 3 saturated carbocycles. The van der Waals surface area contributed by atoms with E-state index < -0.39 is 0 Å². The molecule has 0 spiro atoms. The van der Waals surface area contributed by atoms with Gasteiger partial charge in [-0.25, -0.2) is 0 Å². The minimum atomic E-state index is 0.651. The Hall–Kier alpha value is -0.340. The number of thiophene rings is 1. The lowest BCUT2D eigenvalue weighted by molar-refractivity contribution is 0.375. The Balaban J connectivity index is 1.58. The molecule has 1 aromatic heterocycles. The van der Waals surface area contributed by atoms with Gasteiger partial charge in [-0.3, -0.25) is 0 Å². The van der Waals surface area contributed by atoms with Crippen molar-refractivity contribution in [2.75, 3.05) is 6.54 Å². The fourth-order valence-electron chi connectivity index (χ4n) is 5.16. The van der Waals surface area contributed by atoms with Crippen LogP contribution in [0.25, 0.3) is 0 Å². The predicted molar refractivity (Wildman–Crippen MR) is 76.8 cm³/mol. The van der Waals surface area contributed by atoms with Crippen molar-refractivity contribution in [3.63, 3.8) is 0 Å². The molecule has 0 aromatic carbocycles. The molecule has 98 valence electrons. The van der Waals surface area contributed by atoms with Gasteiger partial charge in [0.05, 0.1) is 0 Å². The fourth-order valence-corrected chi connectivity index (χ4v) is 5.90. The van der Waals surface area contributed by atoms with Crippen molar-refractivity contribution in [1.29, 1.82) is 0 Å².